The number of aliphatic hydroxyl groups is 1. The highest BCUT2D eigenvalue weighted by molar-refractivity contribution is 14.1. The maximum absolute atomic E-state index is 14.4. The Morgan fingerprint density at radius 3 is 3.07 bits per heavy atom. The molecule has 6 nitrogen and oxygen atoms in total. The Balaban J connectivity index is 1.78. The summed E-state index contributed by atoms with van der Waals surface area (Å²) >= 11 is 2.03. The van der Waals surface area contributed by atoms with Gasteiger partial charge in [-0.2, -0.15) is 0 Å². The van der Waals surface area contributed by atoms with Crippen molar-refractivity contribution in [2.24, 2.45) is 0 Å². The van der Waals surface area contributed by atoms with Crippen molar-refractivity contribution in [1.82, 2.24) is 9.88 Å². The van der Waals surface area contributed by atoms with Crippen molar-refractivity contribution in [3.63, 3.8) is 0 Å². The van der Waals surface area contributed by atoms with Crippen molar-refractivity contribution in [3.8, 4) is 0 Å². The van der Waals surface area contributed by atoms with Gasteiger partial charge in [-0.15, -0.1) is 0 Å². The summed E-state index contributed by atoms with van der Waals surface area (Å²) in [5.41, 5.74) is 1.12. The van der Waals surface area contributed by atoms with Crippen LogP contribution in [0.4, 0.5) is 15.8 Å². The van der Waals surface area contributed by atoms with Gasteiger partial charge in [-0.1, -0.05) is 0 Å². The number of anilines is 2. The van der Waals surface area contributed by atoms with Crippen LogP contribution < -0.4 is 5.32 Å². The van der Waals surface area contributed by atoms with Crippen LogP contribution in [-0.4, -0.2) is 40.1 Å². The van der Waals surface area contributed by atoms with Crippen LogP contribution in [0.5, 0.6) is 0 Å². The minimum Gasteiger partial charge on any atom is -0.448 e. The van der Waals surface area contributed by atoms with E-state index in [1.807, 2.05) is 22.6 Å². The molecule has 0 bridgehead atoms. The first-order chi connectivity index (χ1) is 13.1. The van der Waals surface area contributed by atoms with Gasteiger partial charge in [0.2, 0.25) is 5.76 Å². The lowest BCUT2D eigenvalue weighted by Gasteiger charge is -2.22. The quantitative estimate of drug-likeness (QED) is 0.553. The van der Waals surface area contributed by atoms with E-state index in [4.69, 9.17) is 4.42 Å². The van der Waals surface area contributed by atoms with Crippen LogP contribution in [0.25, 0.3) is 11.0 Å². The summed E-state index contributed by atoms with van der Waals surface area (Å²) in [6.07, 6.45) is 4.73. The minimum absolute atomic E-state index is 0.0938. The average Bonchev–Trinajstić information content (AvgIpc) is 3.28. The number of aromatic nitrogens is 1. The van der Waals surface area contributed by atoms with Crippen LogP contribution in [0.3, 0.4) is 0 Å². The molecule has 3 aromatic rings. The van der Waals surface area contributed by atoms with Crippen LogP contribution in [0.15, 0.2) is 41.1 Å². The number of carbonyl (C=O) groups is 1. The molecular weight excluding hydrogens is 464 g/mol. The third-order valence-electron chi connectivity index (χ3n) is 4.72. The topological polar surface area (TPSA) is 78.6 Å². The monoisotopic (exact) mass is 481 g/mol. The molecule has 1 fully saturated rings. The Morgan fingerprint density at radius 2 is 2.30 bits per heavy atom. The van der Waals surface area contributed by atoms with Crippen LogP contribution in [0.1, 0.15) is 23.4 Å². The largest absolute Gasteiger partial charge is 0.448 e. The third kappa shape index (κ3) is 3.39. The summed E-state index contributed by atoms with van der Waals surface area (Å²) in [5.74, 6) is -0.652. The number of nitrogens with zero attached hydrogens (tertiary/aromatic N) is 2. The van der Waals surface area contributed by atoms with Gasteiger partial charge in [-0.05, 0) is 59.7 Å². The number of nitrogens with one attached hydrogen (secondary N) is 1. The standard InChI is InChI=1S/C19H17FIN3O3/c20-14-8-11(21)3-4-15(14)23-17-13-9-22-6-5-16(13)27-18(17)19(26)24-7-1-2-12(24)10-25/h3-6,8-9,12,23,25H,1-2,7,10H2/t12-/m1/s1. The fraction of sp³-hybridized carbons (Fsp3) is 0.263. The molecule has 1 saturated heterocycles. The highest BCUT2D eigenvalue weighted by Gasteiger charge is 2.33. The van der Waals surface area contributed by atoms with Crippen LogP contribution in [0, 0.1) is 9.39 Å². The van der Waals surface area contributed by atoms with Gasteiger partial charge < -0.3 is 19.7 Å². The fourth-order valence-electron chi connectivity index (χ4n) is 3.37. The van der Waals surface area contributed by atoms with Gasteiger partial charge in [0.25, 0.3) is 5.91 Å². The molecule has 140 valence electrons. The van der Waals surface area contributed by atoms with Gasteiger partial charge in [0, 0.05) is 22.5 Å². The van der Waals surface area contributed by atoms with Crippen molar-refractivity contribution in [3.05, 3.63) is 51.8 Å². The molecule has 0 saturated carbocycles. The first kappa shape index (κ1) is 18.2. The lowest BCUT2D eigenvalue weighted by Crippen LogP contribution is -2.37. The molecule has 2 N–H and O–H groups in total. The molecule has 2 aromatic heterocycles. The number of hydrogen-bond acceptors (Lipinski definition) is 5. The predicted molar refractivity (Wildman–Crippen MR) is 108 cm³/mol. The summed E-state index contributed by atoms with van der Waals surface area (Å²) in [6.45, 7) is 0.457. The summed E-state index contributed by atoms with van der Waals surface area (Å²) in [5, 5.41) is 13.1. The van der Waals surface area contributed by atoms with E-state index >= 15 is 0 Å². The van der Waals surface area contributed by atoms with Gasteiger partial charge in [0.05, 0.1) is 23.7 Å². The van der Waals surface area contributed by atoms with Gasteiger partial charge in [-0.25, -0.2) is 4.39 Å². The zero-order chi connectivity index (χ0) is 19.0. The number of rotatable bonds is 4. The molecular formula is C19H17FIN3O3. The Hall–Kier alpha value is -2.20. The summed E-state index contributed by atoms with van der Waals surface area (Å²) in [7, 11) is 0. The Labute approximate surface area is 168 Å². The second kappa shape index (κ2) is 7.43. The Bertz CT molecular complexity index is 1010. The number of likely N-dealkylation sites (tertiary alicyclic amines) is 1. The molecule has 0 aliphatic carbocycles. The molecule has 0 radical (unpaired) electrons. The number of pyridine rings is 1. The molecule has 8 heteroatoms. The Kier molecular flexibility index (Phi) is 5.00. The van der Waals surface area contributed by atoms with E-state index in [1.54, 1.807) is 35.5 Å². The highest BCUT2D eigenvalue weighted by Crippen LogP contribution is 2.35. The van der Waals surface area contributed by atoms with Gasteiger partial charge >= 0.3 is 0 Å². The zero-order valence-electron chi connectivity index (χ0n) is 14.3. The molecule has 4 rings (SSSR count). The van der Waals surface area contributed by atoms with E-state index in [9.17, 15) is 14.3 Å². The molecule has 1 aromatic carbocycles. The lowest BCUT2D eigenvalue weighted by molar-refractivity contribution is 0.0650. The maximum Gasteiger partial charge on any atom is 0.292 e. The molecule has 1 aliphatic heterocycles. The van der Waals surface area contributed by atoms with Crippen LogP contribution in [0.2, 0.25) is 0 Å². The molecule has 0 unspecified atom stereocenters. The number of amides is 1. The molecule has 0 spiro atoms. The lowest BCUT2D eigenvalue weighted by atomic mass is 10.2. The first-order valence-electron chi connectivity index (χ1n) is 8.59. The minimum atomic E-state index is -0.423. The highest BCUT2D eigenvalue weighted by atomic mass is 127. The fourth-order valence-corrected chi connectivity index (χ4v) is 3.82. The first-order valence-corrected chi connectivity index (χ1v) is 9.66. The second-order valence-electron chi connectivity index (χ2n) is 6.40. The van der Waals surface area contributed by atoms with E-state index < -0.39 is 5.82 Å². The Morgan fingerprint density at radius 1 is 1.44 bits per heavy atom. The van der Waals surface area contributed by atoms with Crippen molar-refractivity contribution in [1.29, 1.82) is 0 Å². The number of aliphatic hydroxyl groups excluding tert-OH is 1. The average molecular weight is 481 g/mol. The van der Waals surface area contributed by atoms with E-state index in [0.717, 1.165) is 16.4 Å². The number of furan rings is 1. The molecule has 1 aliphatic rings. The third-order valence-corrected chi connectivity index (χ3v) is 5.39. The number of fused-ring (bicyclic) bond motifs is 1. The summed E-state index contributed by atoms with van der Waals surface area (Å²) < 4.78 is 20.9. The van der Waals surface area contributed by atoms with E-state index in [0.29, 0.717) is 23.2 Å². The zero-order valence-corrected chi connectivity index (χ0v) is 16.4. The molecule has 1 atom stereocenters. The molecule has 3 heterocycles. The number of hydrogen-bond donors (Lipinski definition) is 2. The SMILES string of the molecule is O=C(c1oc2ccncc2c1Nc1ccc(I)cc1F)N1CCC[C@@H]1CO. The predicted octanol–water partition coefficient (Wildman–Crippen LogP) is 3.91. The van der Waals surface area contributed by atoms with E-state index in [2.05, 4.69) is 10.3 Å². The number of carbonyl (C=O) groups excluding carboxylic acids is 1. The van der Waals surface area contributed by atoms with Crippen LogP contribution >= 0.6 is 22.6 Å². The van der Waals surface area contributed by atoms with Gasteiger partial charge in [-0.3, -0.25) is 9.78 Å². The molecule has 1 amide bonds. The number of halogens is 2. The van der Waals surface area contributed by atoms with Crippen molar-refractivity contribution >= 4 is 50.8 Å². The smallest absolute Gasteiger partial charge is 0.292 e. The van der Waals surface area contributed by atoms with Crippen molar-refractivity contribution in [2.45, 2.75) is 18.9 Å². The summed E-state index contributed by atoms with van der Waals surface area (Å²) in [4.78, 5) is 18.8. The molecule has 27 heavy (non-hydrogen) atoms. The van der Waals surface area contributed by atoms with Crippen molar-refractivity contribution < 1.29 is 18.7 Å². The normalized spacial score (nSPS) is 16.9. The van der Waals surface area contributed by atoms with E-state index in [1.165, 1.54) is 6.07 Å². The van der Waals surface area contributed by atoms with Crippen molar-refractivity contribution in [2.75, 3.05) is 18.5 Å². The van der Waals surface area contributed by atoms with E-state index in [-0.39, 0.29) is 30.0 Å². The second-order valence-corrected chi connectivity index (χ2v) is 7.65. The van der Waals surface area contributed by atoms with Gasteiger partial charge in [0.1, 0.15) is 17.1 Å². The maximum atomic E-state index is 14.4. The summed E-state index contributed by atoms with van der Waals surface area (Å²) in [6, 6.07) is 6.23. The van der Waals surface area contributed by atoms with Crippen LogP contribution in [-0.2, 0) is 0 Å². The van der Waals surface area contributed by atoms with Gasteiger partial charge in [0.15, 0.2) is 0 Å². The number of benzene rings is 1.